The van der Waals surface area contributed by atoms with E-state index in [-0.39, 0.29) is 11.7 Å². The van der Waals surface area contributed by atoms with Crippen molar-refractivity contribution in [1.82, 2.24) is 4.98 Å². The van der Waals surface area contributed by atoms with Crippen LogP contribution >= 0.6 is 0 Å². The van der Waals surface area contributed by atoms with E-state index in [4.69, 9.17) is 5.73 Å². The third-order valence-electron chi connectivity index (χ3n) is 2.18. The first kappa shape index (κ1) is 9.71. The topological polar surface area (TPSA) is 56.0 Å². The van der Waals surface area contributed by atoms with Crippen LogP contribution in [0.15, 0.2) is 18.5 Å². The van der Waals surface area contributed by atoms with Crippen LogP contribution in [0.2, 0.25) is 0 Å². The second-order valence-electron chi connectivity index (χ2n) is 3.14. The maximum atomic E-state index is 11.7. The maximum absolute atomic E-state index is 11.7. The van der Waals surface area contributed by atoms with Gasteiger partial charge in [0.25, 0.3) is 0 Å². The molecule has 1 unspecified atom stereocenters. The number of carbonyl (C=O) groups is 1. The molecule has 0 bridgehead atoms. The van der Waals surface area contributed by atoms with Crippen molar-refractivity contribution in [3.05, 3.63) is 24.0 Å². The molecule has 2 N–H and O–H groups in total. The number of hydrogen-bond donors (Lipinski definition) is 1. The molecular formula is C10H14N2O. The Kier molecular flexibility index (Phi) is 3.01. The summed E-state index contributed by atoms with van der Waals surface area (Å²) in [5, 5.41) is 0. The normalized spacial score (nSPS) is 12.5. The van der Waals surface area contributed by atoms with Crippen molar-refractivity contribution in [3.63, 3.8) is 0 Å². The van der Waals surface area contributed by atoms with Crippen LogP contribution in [0, 0.1) is 5.92 Å². The second kappa shape index (κ2) is 4.03. The van der Waals surface area contributed by atoms with Crippen LogP contribution in [0.1, 0.15) is 30.6 Å². The number of carbonyl (C=O) groups excluding carboxylic acids is 1. The van der Waals surface area contributed by atoms with Crippen LogP contribution in [0.5, 0.6) is 0 Å². The Hall–Kier alpha value is -1.38. The zero-order chi connectivity index (χ0) is 9.84. The maximum Gasteiger partial charge on any atom is 0.169 e. The number of nitrogen functional groups attached to an aromatic ring is 1. The summed E-state index contributed by atoms with van der Waals surface area (Å²) in [7, 11) is 0. The fraction of sp³-hybridized carbons (Fsp3) is 0.400. The molecule has 70 valence electrons. The van der Waals surface area contributed by atoms with Crippen LogP contribution in [-0.4, -0.2) is 10.8 Å². The standard InChI is InChI=1S/C10H14N2O/c1-3-7(2)10(13)8-6-12-5-4-9(8)11/h4-7H,3H2,1-2H3,(H2,11,12). The van der Waals surface area contributed by atoms with Gasteiger partial charge in [-0.05, 0) is 12.5 Å². The first-order chi connectivity index (χ1) is 6.16. The Labute approximate surface area is 78.0 Å². The van der Waals surface area contributed by atoms with Gasteiger partial charge in [-0.15, -0.1) is 0 Å². The zero-order valence-electron chi connectivity index (χ0n) is 7.95. The van der Waals surface area contributed by atoms with E-state index in [1.165, 1.54) is 6.20 Å². The third kappa shape index (κ3) is 2.05. The number of ketones is 1. The lowest BCUT2D eigenvalue weighted by atomic mass is 9.97. The number of aromatic nitrogens is 1. The summed E-state index contributed by atoms with van der Waals surface area (Å²) >= 11 is 0. The molecule has 3 nitrogen and oxygen atoms in total. The van der Waals surface area contributed by atoms with Gasteiger partial charge in [0.1, 0.15) is 0 Å². The molecule has 0 radical (unpaired) electrons. The van der Waals surface area contributed by atoms with E-state index in [2.05, 4.69) is 4.98 Å². The van der Waals surface area contributed by atoms with E-state index in [1.54, 1.807) is 12.3 Å². The molecule has 0 amide bonds. The first-order valence-corrected chi connectivity index (χ1v) is 4.40. The highest BCUT2D eigenvalue weighted by Gasteiger charge is 2.15. The predicted octanol–water partition coefficient (Wildman–Crippen LogP) is 1.89. The summed E-state index contributed by atoms with van der Waals surface area (Å²) in [6, 6.07) is 1.65. The third-order valence-corrected chi connectivity index (χ3v) is 2.18. The van der Waals surface area contributed by atoms with Gasteiger partial charge < -0.3 is 5.73 Å². The van der Waals surface area contributed by atoms with E-state index >= 15 is 0 Å². The second-order valence-corrected chi connectivity index (χ2v) is 3.14. The average molecular weight is 178 g/mol. The summed E-state index contributed by atoms with van der Waals surface area (Å²) in [4.78, 5) is 15.6. The van der Waals surface area contributed by atoms with Crippen molar-refractivity contribution >= 4 is 11.5 Å². The van der Waals surface area contributed by atoms with Crippen LogP contribution in [-0.2, 0) is 0 Å². The van der Waals surface area contributed by atoms with Crippen molar-refractivity contribution in [2.24, 2.45) is 5.92 Å². The SMILES string of the molecule is CCC(C)C(=O)c1cnccc1N. The van der Waals surface area contributed by atoms with Crippen LogP contribution < -0.4 is 5.73 Å². The number of nitrogens with zero attached hydrogens (tertiary/aromatic N) is 1. The lowest BCUT2D eigenvalue weighted by Gasteiger charge is -2.08. The Balaban J connectivity index is 2.95. The molecule has 1 heterocycles. The molecule has 3 heteroatoms. The summed E-state index contributed by atoms with van der Waals surface area (Å²) in [5.41, 5.74) is 6.71. The lowest BCUT2D eigenvalue weighted by Crippen LogP contribution is -2.12. The Morgan fingerprint density at radius 1 is 1.69 bits per heavy atom. The van der Waals surface area contributed by atoms with Gasteiger partial charge in [-0.1, -0.05) is 13.8 Å². The highest BCUT2D eigenvalue weighted by Crippen LogP contribution is 2.16. The van der Waals surface area contributed by atoms with Crippen LogP contribution in [0.25, 0.3) is 0 Å². The minimum Gasteiger partial charge on any atom is -0.398 e. The van der Waals surface area contributed by atoms with E-state index in [9.17, 15) is 4.79 Å². The Bertz CT molecular complexity index is 310. The zero-order valence-corrected chi connectivity index (χ0v) is 7.95. The van der Waals surface area contributed by atoms with E-state index in [0.29, 0.717) is 11.3 Å². The molecule has 0 saturated heterocycles. The minimum absolute atomic E-state index is 0.0199. The van der Waals surface area contributed by atoms with Gasteiger partial charge in [-0.25, -0.2) is 0 Å². The lowest BCUT2D eigenvalue weighted by molar-refractivity contribution is 0.0928. The van der Waals surface area contributed by atoms with E-state index < -0.39 is 0 Å². The molecule has 13 heavy (non-hydrogen) atoms. The molecule has 1 aromatic heterocycles. The minimum atomic E-state index is 0.0199. The molecule has 0 aliphatic carbocycles. The monoisotopic (exact) mass is 178 g/mol. The van der Waals surface area contributed by atoms with Gasteiger partial charge in [0.2, 0.25) is 0 Å². The quantitative estimate of drug-likeness (QED) is 0.719. The molecular weight excluding hydrogens is 164 g/mol. The van der Waals surface area contributed by atoms with E-state index in [0.717, 1.165) is 6.42 Å². The summed E-state index contributed by atoms with van der Waals surface area (Å²) in [6.45, 7) is 3.88. The first-order valence-electron chi connectivity index (χ1n) is 4.40. The van der Waals surface area contributed by atoms with E-state index in [1.807, 2.05) is 13.8 Å². The van der Waals surface area contributed by atoms with Crippen molar-refractivity contribution < 1.29 is 4.79 Å². The molecule has 0 aliphatic rings. The highest BCUT2D eigenvalue weighted by molar-refractivity contribution is 6.01. The number of pyridine rings is 1. The molecule has 0 fully saturated rings. The fourth-order valence-electron chi connectivity index (χ4n) is 1.06. The van der Waals surface area contributed by atoms with Crippen molar-refractivity contribution in [3.8, 4) is 0 Å². The molecule has 1 aromatic rings. The molecule has 0 spiro atoms. The van der Waals surface area contributed by atoms with Gasteiger partial charge in [0.15, 0.2) is 5.78 Å². The number of hydrogen-bond acceptors (Lipinski definition) is 3. The molecule has 0 aromatic carbocycles. The number of rotatable bonds is 3. The van der Waals surface area contributed by atoms with Crippen LogP contribution in [0.3, 0.4) is 0 Å². The van der Waals surface area contributed by atoms with Gasteiger partial charge in [0, 0.05) is 24.0 Å². The largest absolute Gasteiger partial charge is 0.398 e. The Morgan fingerprint density at radius 2 is 2.38 bits per heavy atom. The number of anilines is 1. The Morgan fingerprint density at radius 3 is 2.92 bits per heavy atom. The van der Waals surface area contributed by atoms with Crippen LogP contribution in [0.4, 0.5) is 5.69 Å². The smallest absolute Gasteiger partial charge is 0.169 e. The van der Waals surface area contributed by atoms with Gasteiger partial charge in [-0.3, -0.25) is 9.78 Å². The van der Waals surface area contributed by atoms with Crippen molar-refractivity contribution in [2.75, 3.05) is 5.73 Å². The number of Topliss-reactive ketones (excluding diaryl/α,β-unsaturated/α-hetero) is 1. The molecule has 0 aliphatic heterocycles. The molecule has 1 rings (SSSR count). The summed E-state index contributed by atoms with van der Waals surface area (Å²) < 4.78 is 0. The van der Waals surface area contributed by atoms with Crippen molar-refractivity contribution in [1.29, 1.82) is 0 Å². The molecule has 1 atom stereocenters. The summed E-state index contributed by atoms with van der Waals surface area (Å²) in [5.74, 6) is 0.0969. The van der Waals surface area contributed by atoms with Gasteiger partial charge in [0.05, 0.1) is 5.56 Å². The van der Waals surface area contributed by atoms with Gasteiger partial charge >= 0.3 is 0 Å². The number of nitrogens with two attached hydrogens (primary N) is 1. The highest BCUT2D eigenvalue weighted by atomic mass is 16.1. The molecule has 0 saturated carbocycles. The average Bonchev–Trinajstić information content (AvgIpc) is 2.16. The van der Waals surface area contributed by atoms with Crippen molar-refractivity contribution in [2.45, 2.75) is 20.3 Å². The predicted molar refractivity (Wildman–Crippen MR) is 52.4 cm³/mol. The fourth-order valence-corrected chi connectivity index (χ4v) is 1.06. The van der Waals surface area contributed by atoms with Gasteiger partial charge in [-0.2, -0.15) is 0 Å². The summed E-state index contributed by atoms with van der Waals surface area (Å²) in [6.07, 6.45) is 3.94.